The Morgan fingerprint density at radius 3 is 2.41 bits per heavy atom. The number of ether oxygens (including phenoxy) is 1. The van der Waals surface area contributed by atoms with Crippen LogP contribution in [0.15, 0.2) is 48.0 Å². The van der Waals surface area contributed by atoms with Crippen molar-refractivity contribution >= 4 is 23.7 Å². The van der Waals surface area contributed by atoms with Gasteiger partial charge in [-0.3, -0.25) is 9.59 Å². The molecular weight excluding hydrogens is 336 g/mol. The van der Waals surface area contributed by atoms with Crippen molar-refractivity contribution in [1.29, 1.82) is 0 Å². The van der Waals surface area contributed by atoms with E-state index >= 15 is 0 Å². The molecule has 2 aromatic carbocycles. The van der Waals surface area contributed by atoms with E-state index in [1.165, 1.54) is 0 Å². The predicted molar refractivity (Wildman–Crippen MR) is 109 cm³/mol. The molecule has 0 radical (unpaired) electrons. The molecule has 0 saturated heterocycles. The average Bonchev–Trinajstić information content (AvgIpc) is 2.63. The summed E-state index contributed by atoms with van der Waals surface area (Å²) in [6.45, 7) is 8.12. The molecule has 0 saturated carbocycles. The average molecular weight is 360 g/mol. The van der Waals surface area contributed by atoms with Gasteiger partial charge in [-0.05, 0) is 54.7 Å². The summed E-state index contributed by atoms with van der Waals surface area (Å²) < 4.78 is 6.05. The molecule has 1 aliphatic carbocycles. The molecule has 0 fully saturated rings. The fourth-order valence-corrected chi connectivity index (χ4v) is 3.45. The zero-order valence-electron chi connectivity index (χ0n) is 16.2. The van der Waals surface area contributed by atoms with Crippen molar-refractivity contribution < 1.29 is 14.3 Å². The van der Waals surface area contributed by atoms with Crippen molar-refractivity contribution in [1.82, 2.24) is 0 Å². The SMILES string of the molecule is CC1=Cc2c(c(C)cc(OCC=Cc3ccccc3)c2C(C)C)C(=O)C1=O. The molecule has 0 bridgehead atoms. The first kappa shape index (κ1) is 18.8. The molecular formula is C24H24O3. The highest BCUT2D eigenvalue weighted by atomic mass is 16.5. The minimum absolute atomic E-state index is 0.164. The van der Waals surface area contributed by atoms with Crippen molar-refractivity contribution in [3.8, 4) is 5.75 Å². The second kappa shape index (κ2) is 7.75. The first-order valence-corrected chi connectivity index (χ1v) is 9.19. The number of hydrogen-bond donors (Lipinski definition) is 0. The summed E-state index contributed by atoms with van der Waals surface area (Å²) in [5.41, 5.74) is 4.70. The van der Waals surface area contributed by atoms with Gasteiger partial charge in [0.25, 0.3) is 0 Å². The molecule has 138 valence electrons. The Bertz CT molecular complexity index is 947. The summed E-state index contributed by atoms with van der Waals surface area (Å²) in [7, 11) is 0. The van der Waals surface area contributed by atoms with Crippen LogP contribution >= 0.6 is 0 Å². The molecule has 0 spiro atoms. The lowest BCUT2D eigenvalue weighted by Crippen LogP contribution is -2.23. The number of fused-ring (bicyclic) bond motifs is 1. The fourth-order valence-electron chi connectivity index (χ4n) is 3.45. The van der Waals surface area contributed by atoms with Gasteiger partial charge in [-0.1, -0.05) is 50.3 Å². The highest BCUT2D eigenvalue weighted by Crippen LogP contribution is 2.38. The van der Waals surface area contributed by atoms with Crippen LogP contribution in [-0.4, -0.2) is 18.2 Å². The van der Waals surface area contributed by atoms with E-state index in [0.29, 0.717) is 17.7 Å². The maximum absolute atomic E-state index is 12.5. The van der Waals surface area contributed by atoms with Gasteiger partial charge >= 0.3 is 0 Å². The Hall–Kier alpha value is -2.94. The van der Waals surface area contributed by atoms with Gasteiger partial charge < -0.3 is 4.74 Å². The molecule has 27 heavy (non-hydrogen) atoms. The third kappa shape index (κ3) is 3.77. The highest BCUT2D eigenvalue weighted by molar-refractivity contribution is 6.52. The second-order valence-electron chi connectivity index (χ2n) is 7.16. The van der Waals surface area contributed by atoms with E-state index in [1.54, 1.807) is 6.92 Å². The second-order valence-corrected chi connectivity index (χ2v) is 7.16. The largest absolute Gasteiger partial charge is 0.489 e. The van der Waals surface area contributed by atoms with Crippen LogP contribution in [-0.2, 0) is 4.79 Å². The van der Waals surface area contributed by atoms with E-state index in [4.69, 9.17) is 4.74 Å². The first-order chi connectivity index (χ1) is 12.9. The predicted octanol–water partition coefficient (Wildman–Crippen LogP) is 5.38. The molecule has 0 unspecified atom stereocenters. The Morgan fingerprint density at radius 1 is 1.04 bits per heavy atom. The summed E-state index contributed by atoms with van der Waals surface area (Å²) >= 11 is 0. The summed E-state index contributed by atoms with van der Waals surface area (Å²) in [5, 5.41) is 0. The number of carbonyl (C=O) groups excluding carboxylic acids is 2. The summed E-state index contributed by atoms with van der Waals surface area (Å²) in [4.78, 5) is 24.6. The van der Waals surface area contributed by atoms with E-state index in [-0.39, 0.29) is 5.92 Å². The lowest BCUT2D eigenvalue weighted by Gasteiger charge is -2.23. The molecule has 2 aromatic rings. The monoisotopic (exact) mass is 360 g/mol. The van der Waals surface area contributed by atoms with Crippen molar-refractivity contribution in [3.05, 3.63) is 75.9 Å². The molecule has 0 heterocycles. The number of hydrogen-bond acceptors (Lipinski definition) is 3. The van der Waals surface area contributed by atoms with E-state index in [1.807, 2.05) is 61.5 Å². The molecule has 3 rings (SSSR count). The quantitative estimate of drug-likeness (QED) is 0.672. The number of carbonyl (C=O) groups is 2. The smallest absolute Gasteiger partial charge is 0.234 e. The van der Waals surface area contributed by atoms with Gasteiger partial charge in [-0.2, -0.15) is 0 Å². The zero-order valence-corrected chi connectivity index (χ0v) is 16.2. The Balaban J connectivity index is 1.94. The summed E-state index contributed by atoms with van der Waals surface area (Å²) in [6, 6.07) is 11.9. The molecule has 3 heteroatoms. The van der Waals surface area contributed by atoms with Crippen LogP contribution in [0.1, 0.15) is 59.3 Å². The van der Waals surface area contributed by atoms with Gasteiger partial charge in [0.2, 0.25) is 11.6 Å². The number of ketones is 2. The van der Waals surface area contributed by atoms with Crippen LogP contribution in [0.3, 0.4) is 0 Å². The van der Waals surface area contributed by atoms with Gasteiger partial charge in [-0.25, -0.2) is 0 Å². The van der Waals surface area contributed by atoms with E-state index < -0.39 is 11.6 Å². The number of rotatable bonds is 5. The third-order valence-electron chi connectivity index (χ3n) is 4.74. The van der Waals surface area contributed by atoms with Crippen molar-refractivity contribution in [2.75, 3.05) is 6.61 Å². The summed E-state index contributed by atoms with van der Waals surface area (Å²) in [6.07, 6.45) is 5.82. The topological polar surface area (TPSA) is 43.4 Å². The van der Waals surface area contributed by atoms with Crippen molar-refractivity contribution in [2.24, 2.45) is 0 Å². The Kier molecular flexibility index (Phi) is 5.41. The third-order valence-corrected chi connectivity index (χ3v) is 4.74. The lowest BCUT2D eigenvalue weighted by molar-refractivity contribution is -0.111. The zero-order chi connectivity index (χ0) is 19.6. The molecule has 3 nitrogen and oxygen atoms in total. The molecule has 1 aliphatic rings. The highest BCUT2D eigenvalue weighted by Gasteiger charge is 2.30. The minimum Gasteiger partial charge on any atom is -0.489 e. The Labute approximate surface area is 160 Å². The van der Waals surface area contributed by atoms with Crippen LogP contribution in [0.4, 0.5) is 0 Å². The van der Waals surface area contributed by atoms with Gasteiger partial charge in [0, 0.05) is 16.7 Å². The first-order valence-electron chi connectivity index (χ1n) is 9.19. The van der Waals surface area contributed by atoms with Gasteiger partial charge in [0.05, 0.1) is 0 Å². The Morgan fingerprint density at radius 2 is 1.74 bits per heavy atom. The van der Waals surface area contributed by atoms with Crippen LogP contribution in [0.5, 0.6) is 5.75 Å². The minimum atomic E-state index is -0.417. The number of benzene rings is 2. The summed E-state index contributed by atoms with van der Waals surface area (Å²) in [5.74, 6) is 0.0994. The molecule has 0 N–H and O–H groups in total. The maximum atomic E-state index is 12.5. The molecule has 0 aliphatic heterocycles. The van der Waals surface area contributed by atoms with Crippen LogP contribution in [0.25, 0.3) is 12.2 Å². The van der Waals surface area contributed by atoms with Crippen LogP contribution in [0, 0.1) is 6.92 Å². The maximum Gasteiger partial charge on any atom is 0.234 e. The van der Waals surface area contributed by atoms with Gasteiger partial charge in [-0.15, -0.1) is 0 Å². The van der Waals surface area contributed by atoms with Crippen LogP contribution < -0.4 is 4.74 Å². The lowest BCUT2D eigenvalue weighted by atomic mass is 9.82. The number of aryl methyl sites for hydroxylation is 1. The van der Waals surface area contributed by atoms with E-state index in [9.17, 15) is 9.59 Å². The molecule has 0 aromatic heterocycles. The van der Waals surface area contributed by atoms with Gasteiger partial charge in [0.1, 0.15) is 12.4 Å². The number of allylic oxidation sites excluding steroid dienone is 1. The molecule has 0 amide bonds. The normalized spacial score (nSPS) is 13.9. The van der Waals surface area contributed by atoms with Crippen LogP contribution in [0.2, 0.25) is 0 Å². The van der Waals surface area contributed by atoms with E-state index in [0.717, 1.165) is 28.0 Å². The van der Waals surface area contributed by atoms with Gasteiger partial charge in [0.15, 0.2) is 0 Å². The van der Waals surface area contributed by atoms with Crippen molar-refractivity contribution in [2.45, 2.75) is 33.6 Å². The van der Waals surface area contributed by atoms with Crippen molar-refractivity contribution in [3.63, 3.8) is 0 Å². The standard InChI is InChI=1S/C24H24O3/c1-15(2)21-19-13-17(4)23(25)24(26)22(19)16(3)14-20(21)27-12-8-11-18-9-6-5-7-10-18/h5-11,13-15H,12H2,1-4H3. The number of Topliss-reactive ketones (excluding diaryl/α,β-unsaturated/α-hetero) is 2. The fraction of sp³-hybridized carbons (Fsp3) is 0.250. The van der Waals surface area contributed by atoms with E-state index in [2.05, 4.69) is 13.8 Å². The molecule has 0 atom stereocenters.